The number of halogens is 2. The molecule has 2 rings (SSSR count). The van der Waals surface area contributed by atoms with Crippen molar-refractivity contribution in [2.45, 2.75) is 5.38 Å². The molecule has 100 valence electrons. The van der Waals surface area contributed by atoms with Gasteiger partial charge in [0.15, 0.2) is 0 Å². The molecule has 0 fully saturated rings. The minimum Gasteiger partial charge on any atom is -0.497 e. The molecule has 1 atom stereocenters. The van der Waals surface area contributed by atoms with Crippen LogP contribution in [0.5, 0.6) is 11.5 Å². The number of alkyl halides is 1. The second-order valence-corrected chi connectivity index (χ2v) is 5.38. The second kappa shape index (κ2) is 6.31. The molecule has 19 heavy (non-hydrogen) atoms. The van der Waals surface area contributed by atoms with Crippen LogP contribution in [-0.2, 0) is 0 Å². The van der Waals surface area contributed by atoms with Gasteiger partial charge in [0.1, 0.15) is 11.5 Å². The Morgan fingerprint density at radius 2 is 1.84 bits per heavy atom. The Kier molecular flexibility index (Phi) is 4.72. The zero-order chi connectivity index (χ0) is 13.8. The Labute approximate surface area is 126 Å². The molecule has 0 aliphatic heterocycles. The van der Waals surface area contributed by atoms with E-state index in [9.17, 15) is 0 Å². The van der Waals surface area contributed by atoms with Crippen molar-refractivity contribution in [3.63, 3.8) is 0 Å². The van der Waals surface area contributed by atoms with Gasteiger partial charge in [0, 0.05) is 10.0 Å². The van der Waals surface area contributed by atoms with Gasteiger partial charge in [0.05, 0.1) is 19.6 Å². The lowest BCUT2D eigenvalue weighted by molar-refractivity contribution is 0.399. The normalized spacial score (nSPS) is 12.0. The van der Waals surface area contributed by atoms with Crippen molar-refractivity contribution in [2.24, 2.45) is 0 Å². The maximum Gasteiger partial charge on any atom is 0.124 e. The third-order valence-corrected chi connectivity index (χ3v) is 3.83. The molecule has 0 bridgehead atoms. The van der Waals surface area contributed by atoms with Crippen molar-refractivity contribution in [3.8, 4) is 11.5 Å². The van der Waals surface area contributed by atoms with Gasteiger partial charge in [0.25, 0.3) is 0 Å². The van der Waals surface area contributed by atoms with E-state index in [2.05, 4.69) is 15.9 Å². The lowest BCUT2D eigenvalue weighted by atomic mass is 10.0. The highest BCUT2D eigenvalue weighted by Crippen LogP contribution is 2.37. The van der Waals surface area contributed by atoms with Crippen molar-refractivity contribution >= 4 is 27.5 Å². The molecular formula is C15H14BrClO2. The monoisotopic (exact) mass is 340 g/mol. The van der Waals surface area contributed by atoms with E-state index in [1.165, 1.54) is 0 Å². The summed E-state index contributed by atoms with van der Waals surface area (Å²) < 4.78 is 11.6. The fourth-order valence-electron chi connectivity index (χ4n) is 1.88. The first-order valence-corrected chi connectivity index (χ1v) is 7.00. The molecule has 0 N–H and O–H groups in total. The summed E-state index contributed by atoms with van der Waals surface area (Å²) in [6, 6.07) is 13.5. The first-order chi connectivity index (χ1) is 9.15. The van der Waals surface area contributed by atoms with Crippen molar-refractivity contribution in [2.75, 3.05) is 14.2 Å². The maximum atomic E-state index is 6.56. The lowest BCUT2D eigenvalue weighted by Gasteiger charge is -2.15. The minimum absolute atomic E-state index is 0.289. The van der Waals surface area contributed by atoms with Gasteiger partial charge in [0.2, 0.25) is 0 Å². The van der Waals surface area contributed by atoms with Crippen molar-refractivity contribution in [1.82, 2.24) is 0 Å². The van der Waals surface area contributed by atoms with Crippen LogP contribution in [0.25, 0.3) is 0 Å². The van der Waals surface area contributed by atoms with Crippen LogP contribution in [-0.4, -0.2) is 14.2 Å². The molecule has 0 amide bonds. The van der Waals surface area contributed by atoms with Gasteiger partial charge >= 0.3 is 0 Å². The first kappa shape index (κ1) is 14.2. The molecule has 2 aromatic carbocycles. The summed E-state index contributed by atoms with van der Waals surface area (Å²) in [6.45, 7) is 0. The number of rotatable bonds is 4. The summed E-state index contributed by atoms with van der Waals surface area (Å²) in [4.78, 5) is 0. The summed E-state index contributed by atoms with van der Waals surface area (Å²) in [6.07, 6.45) is 0. The van der Waals surface area contributed by atoms with Crippen LogP contribution >= 0.6 is 27.5 Å². The lowest BCUT2D eigenvalue weighted by Crippen LogP contribution is -1.98. The zero-order valence-corrected chi connectivity index (χ0v) is 13.0. The third kappa shape index (κ3) is 3.23. The molecule has 0 heterocycles. The fraction of sp³-hybridized carbons (Fsp3) is 0.200. The topological polar surface area (TPSA) is 18.5 Å². The van der Waals surface area contributed by atoms with E-state index in [1.807, 2.05) is 42.5 Å². The number of benzene rings is 2. The SMILES string of the molecule is COc1ccc(OC)c(C(Cl)c2cccc(Br)c2)c1. The van der Waals surface area contributed by atoms with E-state index in [0.29, 0.717) is 0 Å². The summed E-state index contributed by atoms with van der Waals surface area (Å²) in [5.41, 5.74) is 1.89. The van der Waals surface area contributed by atoms with E-state index >= 15 is 0 Å². The Hall–Kier alpha value is -1.19. The maximum absolute atomic E-state index is 6.56. The smallest absolute Gasteiger partial charge is 0.124 e. The molecule has 2 aromatic rings. The number of hydrogen-bond acceptors (Lipinski definition) is 2. The Morgan fingerprint density at radius 1 is 1.05 bits per heavy atom. The van der Waals surface area contributed by atoms with Gasteiger partial charge in [-0.15, -0.1) is 11.6 Å². The Bertz CT molecular complexity index is 572. The Morgan fingerprint density at radius 3 is 2.47 bits per heavy atom. The van der Waals surface area contributed by atoms with Gasteiger partial charge in [-0.3, -0.25) is 0 Å². The fourth-order valence-corrected chi connectivity index (χ4v) is 2.60. The molecule has 0 aliphatic carbocycles. The molecule has 0 spiro atoms. The van der Waals surface area contributed by atoms with E-state index < -0.39 is 0 Å². The van der Waals surface area contributed by atoms with E-state index in [0.717, 1.165) is 27.1 Å². The largest absolute Gasteiger partial charge is 0.497 e. The van der Waals surface area contributed by atoms with Gasteiger partial charge in [-0.05, 0) is 35.9 Å². The highest BCUT2D eigenvalue weighted by atomic mass is 79.9. The molecule has 1 unspecified atom stereocenters. The number of hydrogen-bond donors (Lipinski definition) is 0. The van der Waals surface area contributed by atoms with Gasteiger partial charge < -0.3 is 9.47 Å². The van der Waals surface area contributed by atoms with Gasteiger partial charge in [-0.25, -0.2) is 0 Å². The summed E-state index contributed by atoms with van der Waals surface area (Å²) in [5, 5.41) is -0.289. The van der Waals surface area contributed by atoms with E-state index in [4.69, 9.17) is 21.1 Å². The van der Waals surface area contributed by atoms with Crippen molar-refractivity contribution in [3.05, 3.63) is 58.1 Å². The molecule has 2 nitrogen and oxygen atoms in total. The summed E-state index contributed by atoms with van der Waals surface area (Å²) >= 11 is 10.0. The van der Waals surface area contributed by atoms with Gasteiger partial charge in [-0.2, -0.15) is 0 Å². The molecule has 0 saturated carbocycles. The molecule has 0 aromatic heterocycles. The highest BCUT2D eigenvalue weighted by molar-refractivity contribution is 9.10. The molecule has 0 radical (unpaired) electrons. The van der Waals surface area contributed by atoms with E-state index in [-0.39, 0.29) is 5.38 Å². The zero-order valence-electron chi connectivity index (χ0n) is 10.7. The quantitative estimate of drug-likeness (QED) is 0.744. The van der Waals surface area contributed by atoms with E-state index in [1.54, 1.807) is 14.2 Å². The molecule has 0 aliphatic rings. The standard InChI is InChI=1S/C15H14BrClO2/c1-18-12-6-7-14(19-2)13(9-12)15(17)10-4-3-5-11(16)8-10/h3-9,15H,1-2H3. The van der Waals surface area contributed by atoms with Gasteiger partial charge in [-0.1, -0.05) is 28.1 Å². The van der Waals surface area contributed by atoms with Crippen LogP contribution in [0.2, 0.25) is 0 Å². The van der Waals surface area contributed by atoms with Crippen LogP contribution in [0.1, 0.15) is 16.5 Å². The second-order valence-electron chi connectivity index (χ2n) is 4.03. The third-order valence-electron chi connectivity index (χ3n) is 2.85. The number of methoxy groups -OCH3 is 2. The van der Waals surface area contributed by atoms with Crippen LogP contribution in [0.15, 0.2) is 46.9 Å². The minimum atomic E-state index is -0.289. The predicted molar refractivity (Wildman–Crippen MR) is 81.4 cm³/mol. The van der Waals surface area contributed by atoms with Crippen LogP contribution in [0, 0.1) is 0 Å². The van der Waals surface area contributed by atoms with Crippen molar-refractivity contribution in [1.29, 1.82) is 0 Å². The van der Waals surface area contributed by atoms with Crippen LogP contribution in [0.4, 0.5) is 0 Å². The highest BCUT2D eigenvalue weighted by Gasteiger charge is 2.17. The van der Waals surface area contributed by atoms with Crippen molar-refractivity contribution < 1.29 is 9.47 Å². The summed E-state index contributed by atoms with van der Waals surface area (Å²) in [5.74, 6) is 1.51. The number of ether oxygens (including phenoxy) is 2. The predicted octanol–water partition coefficient (Wildman–Crippen LogP) is 4.79. The first-order valence-electron chi connectivity index (χ1n) is 5.77. The summed E-state index contributed by atoms with van der Waals surface area (Å²) in [7, 11) is 3.27. The average molecular weight is 342 g/mol. The molecule has 4 heteroatoms. The van der Waals surface area contributed by atoms with Crippen LogP contribution in [0.3, 0.4) is 0 Å². The van der Waals surface area contributed by atoms with Crippen LogP contribution < -0.4 is 9.47 Å². The molecular weight excluding hydrogens is 328 g/mol. The molecule has 0 saturated heterocycles. The average Bonchev–Trinajstić information content (AvgIpc) is 2.45. The Balaban J connectivity index is 2.44.